The van der Waals surface area contributed by atoms with Gasteiger partial charge in [-0.15, -0.1) is 0 Å². The minimum absolute atomic E-state index is 0.520. The maximum Gasteiger partial charge on any atom is 0.0597 e. The lowest BCUT2D eigenvalue weighted by molar-refractivity contribution is 0.00170. The van der Waals surface area contributed by atoms with Gasteiger partial charge >= 0.3 is 0 Å². The van der Waals surface area contributed by atoms with Crippen LogP contribution < -0.4 is 0 Å². The Morgan fingerprint density at radius 2 is 0.477 bits per heavy atom. The van der Waals surface area contributed by atoms with Gasteiger partial charge in [-0.05, 0) is 57.8 Å². The molecule has 3 saturated carbocycles. The SMILES string of the molecule is C1CCC(OCCN(CCOC2CCCC2)CCOC2CCCC2)C1.CCCCCCCCCCOCCN(CCOCCCCCCCCCC)CCOCCCCCCCCCC. The van der Waals surface area contributed by atoms with Crippen LogP contribution in [0, 0.1) is 0 Å². The standard InChI is InChI=1S/C36H75NO3.C21H39NO3/c1-4-7-10-13-16-19-22-25-31-38-34-28-37(29-35-39-32-26-23-20-17-14-11-8-5-2)30-36-40-33-27-24-21-18-15-12-9-6-3;1-2-8-19(7-1)23-16-13-22(14-17-24-20-9-3-4-10-20)15-18-25-21-11-5-6-12-21/h4-36H2,1-3H3;19-21H,1-18H2. The molecule has 0 atom stereocenters. The number of unbranched alkanes of at least 4 members (excludes halogenated alkanes) is 21. The second-order valence-corrected chi connectivity index (χ2v) is 20.3. The van der Waals surface area contributed by atoms with Crippen LogP contribution in [0.25, 0.3) is 0 Å². The van der Waals surface area contributed by atoms with E-state index in [4.69, 9.17) is 28.4 Å². The summed E-state index contributed by atoms with van der Waals surface area (Å²) in [6.45, 7) is 20.6. The number of ether oxygens (including phenoxy) is 6. The Hall–Kier alpha value is -0.320. The Morgan fingerprint density at radius 3 is 0.723 bits per heavy atom. The van der Waals surface area contributed by atoms with E-state index in [2.05, 4.69) is 30.6 Å². The third kappa shape index (κ3) is 40.1. The lowest BCUT2D eigenvalue weighted by atomic mass is 10.1. The fraction of sp³-hybridized carbons (Fsp3) is 1.00. The molecule has 388 valence electrons. The number of hydrogen-bond acceptors (Lipinski definition) is 8. The first-order valence-corrected chi connectivity index (χ1v) is 29.3. The summed E-state index contributed by atoms with van der Waals surface area (Å²) >= 11 is 0. The minimum atomic E-state index is 0.520. The molecule has 8 heteroatoms. The van der Waals surface area contributed by atoms with E-state index in [0.29, 0.717) is 18.3 Å². The molecule has 0 aliphatic heterocycles. The van der Waals surface area contributed by atoms with Crippen molar-refractivity contribution in [3.8, 4) is 0 Å². The van der Waals surface area contributed by atoms with Crippen molar-refractivity contribution in [1.29, 1.82) is 0 Å². The molecule has 0 heterocycles. The van der Waals surface area contributed by atoms with Crippen molar-refractivity contribution in [3.63, 3.8) is 0 Å². The van der Waals surface area contributed by atoms with Crippen LogP contribution in [-0.2, 0) is 28.4 Å². The number of hydrogen-bond donors (Lipinski definition) is 0. The van der Waals surface area contributed by atoms with Gasteiger partial charge in [-0.3, -0.25) is 9.80 Å². The van der Waals surface area contributed by atoms with Gasteiger partial charge in [0.2, 0.25) is 0 Å². The van der Waals surface area contributed by atoms with Crippen LogP contribution in [0.15, 0.2) is 0 Å². The summed E-state index contributed by atoms with van der Waals surface area (Å²) < 4.78 is 36.2. The summed E-state index contributed by atoms with van der Waals surface area (Å²) in [7, 11) is 0. The first-order valence-electron chi connectivity index (χ1n) is 29.3. The topological polar surface area (TPSA) is 61.9 Å². The molecule has 65 heavy (non-hydrogen) atoms. The van der Waals surface area contributed by atoms with E-state index in [1.807, 2.05) is 0 Å². The smallest absolute Gasteiger partial charge is 0.0597 e. The monoisotopic (exact) mass is 923 g/mol. The van der Waals surface area contributed by atoms with Gasteiger partial charge in [0, 0.05) is 59.1 Å². The van der Waals surface area contributed by atoms with Crippen molar-refractivity contribution < 1.29 is 28.4 Å². The maximum atomic E-state index is 6.07. The molecule has 0 aromatic rings. The van der Waals surface area contributed by atoms with Gasteiger partial charge in [-0.25, -0.2) is 0 Å². The van der Waals surface area contributed by atoms with Crippen LogP contribution >= 0.6 is 0 Å². The average molecular weight is 924 g/mol. The van der Waals surface area contributed by atoms with Crippen molar-refractivity contribution in [2.45, 2.75) is 270 Å². The lowest BCUT2D eigenvalue weighted by Crippen LogP contribution is -2.35. The molecule has 0 N–H and O–H groups in total. The van der Waals surface area contributed by atoms with Crippen LogP contribution in [0.3, 0.4) is 0 Å². The highest BCUT2D eigenvalue weighted by Crippen LogP contribution is 2.23. The molecule has 0 bridgehead atoms. The Bertz CT molecular complexity index is 798. The van der Waals surface area contributed by atoms with Crippen LogP contribution in [0.4, 0.5) is 0 Å². The zero-order valence-electron chi connectivity index (χ0n) is 44.1. The van der Waals surface area contributed by atoms with Gasteiger partial charge in [-0.2, -0.15) is 0 Å². The quantitative estimate of drug-likeness (QED) is 0.0560. The molecule has 3 fully saturated rings. The van der Waals surface area contributed by atoms with Crippen molar-refractivity contribution in [3.05, 3.63) is 0 Å². The van der Waals surface area contributed by atoms with Crippen LogP contribution in [0.1, 0.15) is 252 Å². The second kappa shape index (κ2) is 48.7. The van der Waals surface area contributed by atoms with Gasteiger partial charge in [0.25, 0.3) is 0 Å². The molecule has 0 radical (unpaired) electrons. The molecular weight excluding hydrogens is 809 g/mol. The minimum Gasteiger partial charge on any atom is -0.380 e. The number of rotatable bonds is 48. The number of nitrogens with zero attached hydrogens (tertiary/aromatic N) is 2. The molecule has 0 amide bonds. The molecular formula is C57H114N2O6. The molecule has 0 unspecified atom stereocenters. The second-order valence-electron chi connectivity index (χ2n) is 20.3. The average Bonchev–Trinajstić information content (AvgIpc) is 4.15. The Morgan fingerprint density at radius 1 is 0.262 bits per heavy atom. The molecule has 0 aromatic heterocycles. The highest BCUT2D eigenvalue weighted by molar-refractivity contribution is 4.70. The summed E-state index contributed by atoms with van der Waals surface area (Å²) in [4.78, 5) is 4.97. The predicted octanol–water partition coefficient (Wildman–Crippen LogP) is 14.9. The molecule has 3 aliphatic carbocycles. The van der Waals surface area contributed by atoms with Crippen molar-refractivity contribution in [1.82, 2.24) is 9.80 Å². The van der Waals surface area contributed by atoms with Gasteiger partial charge in [0.1, 0.15) is 0 Å². The molecule has 3 aliphatic rings. The highest BCUT2D eigenvalue weighted by atomic mass is 16.5. The third-order valence-electron chi connectivity index (χ3n) is 14.3. The van der Waals surface area contributed by atoms with E-state index in [9.17, 15) is 0 Å². The van der Waals surface area contributed by atoms with Gasteiger partial charge < -0.3 is 28.4 Å². The fourth-order valence-corrected chi connectivity index (χ4v) is 9.78. The zero-order chi connectivity index (χ0) is 46.2. The van der Waals surface area contributed by atoms with E-state index in [0.717, 1.165) is 98.7 Å². The van der Waals surface area contributed by atoms with E-state index in [-0.39, 0.29) is 0 Å². The van der Waals surface area contributed by atoms with Crippen LogP contribution in [0.2, 0.25) is 0 Å². The van der Waals surface area contributed by atoms with E-state index in [1.165, 1.54) is 231 Å². The van der Waals surface area contributed by atoms with E-state index in [1.54, 1.807) is 0 Å². The van der Waals surface area contributed by atoms with Crippen molar-refractivity contribution in [2.24, 2.45) is 0 Å². The summed E-state index contributed by atoms with van der Waals surface area (Å²) in [5.41, 5.74) is 0. The molecule has 0 aromatic carbocycles. The van der Waals surface area contributed by atoms with Crippen molar-refractivity contribution in [2.75, 3.05) is 98.7 Å². The normalized spacial score (nSPS) is 16.2. The first kappa shape index (κ1) is 60.8. The third-order valence-corrected chi connectivity index (χ3v) is 14.3. The van der Waals surface area contributed by atoms with Gasteiger partial charge in [0.05, 0.1) is 58.0 Å². The largest absolute Gasteiger partial charge is 0.380 e. The summed E-state index contributed by atoms with van der Waals surface area (Å²) in [6, 6.07) is 0. The van der Waals surface area contributed by atoms with Crippen molar-refractivity contribution >= 4 is 0 Å². The zero-order valence-corrected chi connectivity index (χ0v) is 44.1. The summed E-state index contributed by atoms with van der Waals surface area (Å²) in [5, 5.41) is 0. The summed E-state index contributed by atoms with van der Waals surface area (Å²) in [5.74, 6) is 0. The van der Waals surface area contributed by atoms with E-state index < -0.39 is 0 Å². The fourth-order valence-electron chi connectivity index (χ4n) is 9.78. The maximum absolute atomic E-state index is 6.07. The van der Waals surface area contributed by atoms with E-state index >= 15 is 0 Å². The van der Waals surface area contributed by atoms with Gasteiger partial charge in [0.15, 0.2) is 0 Å². The molecule has 0 spiro atoms. The van der Waals surface area contributed by atoms with Crippen LogP contribution in [0.5, 0.6) is 0 Å². The Kier molecular flexibility index (Phi) is 45.5. The molecule has 0 saturated heterocycles. The first-order chi connectivity index (χ1) is 32.2. The molecule has 8 nitrogen and oxygen atoms in total. The highest BCUT2D eigenvalue weighted by Gasteiger charge is 2.19. The van der Waals surface area contributed by atoms with Crippen LogP contribution in [-0.4, -0.2) is 127 Å². The molecule has 3 rings (SSSR count). The summed E-state index contributed by atoms with van der Waals surface area (Å²) in [6.07, 6.45) is 49.7. The van der Waals surface area contributed by atoms with Gasteiger partial charge in [-0.1, -0.05) is 194 Å². The Labute approximate surface area is 405 Å². The predicted molar refractivity (Wildman–Crippen MR) is 278 cm³/mol. The Balaban J connectivity index is 0.000000492. The lowest BCUT2D eigenvalue weighted by Gasteiger charge is -2.24.